The topological polar surface area (TPSA) is 116 Å². The van der Waals surface area contributed by atoms with Crippen molar-refractivity contribution in [2.75, 3.05) is 23.5 Å². The fourth-order valence-corrected chi connectivity index (χ4v) is 4.82. The molecule has 2 aromatic carbocycles. The molecule has 9 heteroatoms. The lowest BCUT2D eigenvalue weighted by Crippen LogP contribution is -2.31. The predicted molar refractivity (Wildman–Crippen MR) is 139 cm³/mol. The minimum atomic E-state index is -0.702. The van der Waals surface area contributed by atoms with Crippen LogP contribution in [0, 0.1) is 11.3 Å². The highest BCUT2D eigenvalue weighted by atomic mass is 32.2. The number of nitrogens with one attached hydrogen (secondary N) is 3. The summed E-state index contributed by atoms with van der Waals surface area (Å²) < 4.78 is 10.7. The van der Waals surface area contributed by atoms with Crippen molar-refractivity contribution < 1.29 is 18.7 Å². The van der Waals surface area contributed by atoms with Crippen LogP contribution in [0.2, 0.25) is 0 Å². The maximum atomic E-state index is 13.5. The molecule has 1 aromatic heterocycles. The number of carbonyl (C=O) groups excluding carboxylic acids is 2. The molecule has 3 N–H and O–H groups in total. The molecule has 1 atom stereocenters. The molecular weight excluding hydrogens is 476 g/mol. The van der Waals surface area contributed by atoms with Crippen LogP contribution in [0.3, 0.4) is 0 Å². The minimum absolute atomic E-state index is 0.0334. The highest BCUT2D eigenvalue weighted by Gasteiger charge is 2.36. The van der Waals surface area contributed by atoms with Gasteiger partial charge in [0.25, 0.3) is 5.91 Å². The van der Waals surface area contributed by atoms with Crippen LogP contribution in [0.15, 0.2) is 99.3 Å². The highest BCUT2D eigenvalue weighted by molar-refractivity contribution is 8.03. The lowest BCUT2D eigenvalue weighted by Gasteiger charge is -2.30. The third-order valence-corrected chi connectivity index (χ3v) is 6.52. The van der Waals surface area contributed by atoms with Gasteiger partial charge in [0.05, 0.1) is 41.7 Å². The maximum absolute atomic E-state index is 13.5. The van der Waals surface area contributed by atoms with E-state index in [1.165, 1.54) is 18.0 Å². The molecule has 0 fully saturated rings. The number of amides is 2. The van der Waals surface area contributed by atoms with E-state index in [2.05, 4.69) is 22.0 Å². The number of carbonyl (C=O) groups is 2. The van der Waals surface area contributed by atoms with Crippen LogP contribution in [0.4, 0.5) is 11.6 Å². The van der Waals surface area contributed by atoms with E-state index in [1.54, 1.807) is 44.4 Å². The molecule has 1 aliphatic heterocycles. The zero-order chi connectivity index (χ0) is 25.5. The number of hydrogen-bond donors (Lipinski definition) is 3. The van der Waals surface area contributed by atoms with E-state index in [-0.39, 0.29) is 17.6 Å². The van der Waals surface area contributed by atoms with Gasteiger partial charge in [0.2, 0.25) is 5.91 Å². The number of furan rings is 1. The van der Waals surface area contributed by atoms with Crippen molar-refractivity contribution in [1.29, 1.82) is 5.26 Å². The molecule has 0 saturated heterocycles. The van der Waals surface area contributed by atoms with Crippen molar-refractivity contribution in [3.05, 3.63) is 100 Å². The van der Waals surface area contributed by atoms with Crippen molar-refractivity contribution in [2.45, 2.75) is 12.8 Å². The van der Waals surface area contributed by atoms with Gasteiger partial charge in [-0.2, -0.15) is 5.26 Å². The first-order valence-electron chi connectivity index (χ1n) is 11.1. The maximum Gasteiger partial charge on any atom is 0.254 e. The second-order valence-electron chi connectivity index (χ2n) is 7.83. The monoisotopic (exact) mass is 500 g/mol. The van der Waals surface area contributed by atoms with E-state index in [1.807, 2.05) is 36.4 Å². The fraction of sp³-hybridized carbons (Fsp3) is 0.148. The van der Waals surface area contributed by atoms with E-state index in [4.69, 9.17) is 9.15 Å². The number of rotatable bonds is 8. The summed E-state index contributed by atoms with van der Waals surface area (Å²) in [6.07, 6.45) is 1.47. The fourth-order valence-electron chi connectivity index (χ4n) is 3.92. The van der Waals surface area contributed by atoms with E-state index < -0.39 is 5.92 Å². The first-order valence-corrected chi connectivity index (χ1v) is 12.1. The predicted octanol–water partition coefficient (Wildman–Crippen LogP) is 4.99. The van der Waals surface area contributed by atoms with Crippen molar-refractivity contribution in [1.82, 2.24) is 5.32 Å². The van der Waals surface area contributed by atoms with Gasteiger partial charge < -0.3 is 19.8 Å². The Morgan fingerprint density at radius 2 is 1.83 bits per heavy atom. The molecule has 8 nitrogen and oxygen atoms in total. The number of benzene rings is 2. The molecular formula is C27H24N4O4S. The molecule has 182 valence electrons. The van der Waals surface area contributed by atoms with Crippen LogP contribution in [0.1, 0.15) is 18.4 Å². The highest BCUT2D eigenvalue weighted by Crippen LogP contribution is 2.43. The number of anilines is 2. The van der Waals surface area contributed by atoms with Gasteiger partial charge in [-0.15, -0.1) is 0 Å². The smallest absolute Gasteiger partial charge is 0.254 e. The second-order valence-corrected chi connectivity index (χ2v) is 8.81. The minimum Gasteiger partial charge on any atom is -0.496 e. The van der Waals surface area contributed by atoms with E-state index >= 15 is 0 Å². The third kappa shape index (κ3) is 5.45. The summed E-state index contributed by atoms with van der Waals surface area (Å²) in [5, 5.41) is 19.5. The molecule has 1 aliphatic rings. The van der Waals surface area contributed by atoms with E-state index in [0.717, 1.165) is 0 Å². The average Bonchev–Trinajstić information content (AvgIpc) is 3.40. The number of dihydropyridines is 1. The van der Waals surface area contributed by atoms with Crippen LogP contribution in [0.25, 0.3) is 0 Å². The van der Waals surface area contributed by atoms with Gasteiger partial charge >= 0.3 is 0 Å². The number of ether oxygens (including phenoxy) is 1. The largest absolute Gasteiger partial charge is 0.496 e. The Morgan fingerprint density at radius 1 is 1.08 bits per heavy atom. The Kier molecular flexibility index (Phi) is 7.78. The molecule has 2 heterocycles. The van der Waals surface area contributed by atoms with Crippen LogP contribution in [-0.4, -0.2) is 24.7 Å². The lowest BCUT2D eigenvalue weighted by molar-refractivity contribution is -0.114. The van der Waals surface area contributed by atoms with Crippen molar-refractivity contribution in [2.24, 2.45) is 0 Å². The molecule has 36 heavy (non-hydrogen) atoms. The number of allylic oxidation sites excluding steroid dienone is 2. The van der Waals surface area contributed by atoms with Gasteiger partial charge in [0.1, 0.15) is 5.75 Å². The van der Waals surface area contributed by atoms with Crippen LogP contribution in [0.5, 0.6) is 5.75 Å². The van der Waals surface area contributed by atoms with Crippen molar-refractivity contribution in [3.63, 3.8) is 0 Å². The van der Waals surface area contributed by atoms with Crippen molar-refractivity contribution >= 4 is 35.1 Å². The summed E-state index contributed by atoms with van der Waals surface area (Å²) in [5.41, 5.74) is 2.60. The summed E-state index contributed by atoms with van der Waals surface area (Å²) in [5.74, 6) is -0.402. The van der Waals surface area contributed by atoms with Crippen LogP contribution in [-0.2, 0) is 9.59 Å². The second kappa shape index (κ2) is 11.3. The summed E-state index contributed by atoms with van der Waals surface area (Å²) >= 11 is 1.18. The van der Waals surface area contributed by atoms with Gasteiger partial charge in [0.15, 0.2) is 5.88 Å². The zero-order valence-electron chi connectivity index (χ0n) is 19.7. The van der Waals surface area contributed by atoms with Gasteiger partial charge in [-0.1, -0.05) is 48.2 Å². The van der Waals surface area contributed by atoms with Crippen molar-refractivity contribution in [3.8, 4) is 11.8 Å². The Labute approximate surface area is 213 Å². The average molecular weight is 501 g/mol. The first kappa shape index (κ1) is 24.7. The summed E-state index contributed by atoms with van der Waals surface area (Å²) in [7, 11) is 1.55. The van der Waals surface area contributed by atoms with Crippen LogP contribution < -0.4 is 20.7 Å². The standard InChI is InChI=1S/C27H24N4O4S/c1-17-24(26(33)30-18-9-4-3-5-10-18)25(19-11-6-7-12-21(19)34-2)20(15-28)27(29-17)36-16-22(32)31-23-13-8-14-35-23/h3-14,25,29H,16H2,1-2H3,(H,30,33)(H,31,32)/t25-/m1/s1. The Balaban J connectivity index is 1.69. The molecule has 4 rings (SSSR count). The number of nitrogens with zero attached hydrogens (tertiary/aromatic N) is 1. The van der Waals surface area contributed by atoms with E-state index in [0.29, 0.717) is 44.8 Å². The number of hydrogen-bond acceptors (Lipinski definition) is 7. The number of para-hydroxylation sites is 2. The lowest BCUT2D eigenvalue weighted by atomic mass is 9.81. The summed E-state index contributed by atoms with van der Waals surface area (Å²) in [4.78, 5) is 25.9. The molecule has 0 radical (unpaired) electrons. The molecule has 2 amide bonds. The number of thioether (sulfide) groups is 1. The van der Waals surface area contributed by atoms with Gasteiger partial charge in [-0.3, -0.25) is 14.9 Å². The first-order chi connectivity index (χ1) is 17.5. The summed E-state index contributed by atoms with van der Waals surface area (Å²) in [6.45, 7) is 1.78. The molecule has 0 spiro atoms. The quantitative estimate of drug-likeness (QED) is 0.399. The normalized spacial score (nSPS) is 15.1. The molecule has 0 aliphatic carbocycles. The SMILES string of the molecule is COc1ccccc1[C@@H]1C(C#N)=C(SCC(=O)Nc2ccco2)NC(C)=C1C(=O)Nc1ccccc1. The molecule has 0 saturated carbocycles. The Hall–Kier alpha value is -4.42. The van der Waals surface area contributed by atoms with E-state index in [9.17, 15) is 14.9 Å². The summed E-state index contributed by atoms with van der Waals surface area (Å²) in [6, 6.07) is 22.0. The number of nitriles is 1. The third-order valence-electron chi connectivity index (χ3n) is 5.51. The zero-order valence-corrected chi connectivity index (χ0v) is 20.5. The van der Waals surface area contributed by atoms with Gasteiger partial charge in [-0.25, -0.2) is 0 Å². The Morgan fingerprint density at radius 3 is 2.53 bits per heavy atom. The molecule has 0 bridgehead atoms. The molecule has 0 unspecified atom stereocenters. The Bertz CT molecular complexity index is 1360. The van der Waals surface area contributed by atoms with Crippen LogP contribution >= 0.6 is 11.8 Å². The van der Waals surface area contributed by atoms with Gasteiger partial charge in [-0.05, 0) is 31.2 Å². The van der Waals surface area contributed by atoms with Gasteiger partial charge in [0, 0.05) is 28.6 Å². The molecule has 3 aromatic rings. The number of methoxy groups -OCH3 is 1.